The van der Waals surface area contributed by atoms with Gasteiger partial charge in [-0.3, -0.25) is 4.99 Å². The molecule has 152 valence electrons. The summed E-state index contributed by atoms with van der Waals surface area (Å²) in [5.41, 5.74) is 1.41. The Morgan fingerprint density at radius 3 is 2.32 bits per heavy atom. The van der Waals surface area contributed by atoms with E-state index in [1.807, 2.05) is 12.1 Å². The first kappa shape index (κ1) is 22.7. The Balaban J connectivity index is 0.00000280. The highest BCUT2D eigenvalue weighted by Crippen LogP contribution is 2.33. The molecule has 28 heavy (non-hydrogen) atoms. The Morgan fingerprint density at radius 1 is 1.11 bits per heavy atom. The predicted octanol–water partition coefficient (Wildman–Crippen LogP) is 3.32. The summed E-state index contributed by atoms with van der Waals surface area (Å²) in [6.45, 7) is 4.37. The minimum absolute atomic E-state index is 0. The van der Waals surface area contributed by atoms with Gasteiger partial charge in [-0.25, -0.2) is 8.42 Å². The molecule has 0 saturated carbocycles. The molecule has 0 radical (unpaired) electrons. The third kappa shape index (κ3) is 5.26. The summed E-state index contributed by atoms with van der Waals surface area (Å²) < 4.78 is 24.8. The summed E-state index contributed by atoms with van der Waals surface area (Å²) in [5.74, 6) is 0.803. The monoisotopic (exact) mass is 513 g/mol. The van der Waals surface area contributed by atoms with Crippen LogP contribution in [-0.4, -0.2) is 51.7 Å². The average molecular weight is 513 g/mol. The molecule has 7 heteroatoms. The van der Waals surface area contributed by atoms with Gasteiger partial charge in [0.05, 0.1) is 10.6 Å². The number of halogens is 1. The van der Waals surface area contributed by atoms with Crippen LogP contribution in [0.2, 0.25) is 0 Å². The number of benzene rings is 2. The van der Waals surface area contributed by atoms with E-state index >= 15 is 0 Å². The fraction of sp³-hybridized carbons (Fsp3) is 0.381. The zero-order valence-corrected chi connectivity index (χ0v) is 19.5. The first-order chi connectivity index (χ1) is 12.9. The van der Waals surface area contributed by atoms with Gasteiger partial charge in [-0.1, -0.05) is 55.5 Å². The number of hydrogen-bond acceptors (Lipinski definition) is 3. The van der Waals surface area contributed by atoms with Crippen LogP contribution in [0.1, 0.15) is 18.9 Å². The summed E-state index contributed by atoms with van der Waals surface area (Å²) in [6, 6.07) is 19.1. The van der Waals surface area contributed by atoms with E-state index in [1.165, 1.54) is 5.56 Å². The lowest BCUT2D eigenvalue weighted by atomic mass is 9.82. The van der Waals surface area contributed by atoms with Crippen LogP contribution in [0.4, 0.5) is 0 Å². The molecule has 1 atom stereocenters. The molecule has 0 bridgehead atoms. The Morgan fingerprint density at radius 2 is 1.71 bits per heavy atom. The highest BCUT2D eigenvalue weighted by molar-refractivity contribution is 14.0. The summed E-state index contributed by atoms with van der Waals surface area (Å²) in [4.78, 5) is 6.93. The second-order valence-electron chi connectivity index (χ2n) is 7.20. The van der Waals surface area contributed by atoms with Gasteiger partial charge in [0.2, 0.25) is 0 Å². The fourth-order valence-corrected chi connectivity index (χ4v) is 4.77. The van der Waals surface area contributed by atoms with Crippen molar-refractivity contribution >= 4 is 39.8 Å². The van der Waals surface area contributed by atoms with E-state index in [1.54, 1.807) is 31.3 Å². The minimum Gasteiger partial charge on any atom is -0.355 e. The zero-order valence-electron chi connectivity index (χ0n) is 16.3. The maximum absolute atomic E-state index is 12.4. The van der Waals surface area contributed by atoms with Gasteiger partial charge in [0.25, 0.3) is 0 Å². The van der Waals surface area contributed by atoms with Gasteiger partial charge in [0, 0.05) is 32.1 Å². The van der Waals surface area contributed by atoms with Crippen LogP contribution in [-0.2, 0) is 15.3 Å². The van der Waals surface area contributed by atoms with Crippen LogP contribution in [0.3, 0.4) is 0 Å². The molecule has 0 amide bonds. The second-order valence-corrected chi connectivity index (χ2v) is 9.31. The van der Waals surface area contributed by atoms with E-state index < -0.39 is 9.84 Å². The van der Waals surface area contributed by atoms with Crippen molar-refractivity contribution in [2.45, 2.75) is 23.7 Å². The van der Waals surface area contributed by atoms with E-state index in [0.717, 1.165) is 25.5 Å². The van der Waals surface area contributed by atoms with Gasteiger partial charge >= 0.3 is 0 Å². The van der Waals surface area contributed by atoms with Crippen molar-refractivity contribution in [3.8, 4) is 0 Å². The summed E-state index contributed by atoms with van der Waals surface area (Å²) in [7, 11) is -1.55. The van der Waals surface area contributed by atoms with E-state index in [-0.39, 0.29) is 35.1 Å². The van der Waals surface area contributed by atoms with E-state index in [4.69, 9.17) is 0 Å². The Labute approximate surface area is 185 Å². The van der Waals surface area contributed by atoms with Crippen molar-refractivity contribution in [3.05, 3.63) is 66.2 Å². The normalized spacial score (nSPS) is 19.9. The Kier molecular flexibility index (Phi) is 7.88. The largest absolute Gasteiger partial charge is 0.355 e. The van der Waals surface area contributed by atoms with Crippen LogP contribution < -0.4 is 5.32 Å². The summed E-state index contributed by atoms with van der Waals surface area (Å²) >= 11 is 0. The van der Waals surface area contributed by atoms with Crippen LogP contribution in [0.15, 0.2) is 70.6 Å². The number of guanidine groups is 1. The van der Waals surface area contributed by atoms with Gasteiger partial charge in [-0.05, 0) is 24.1 Å². The average Bonchev–Trinajstić information content (AvgIpc) is 3.10. The molecular weight excluding hydrogens is 485 g/mol. The number of nitrogens with one attached hydrogen (secondary N) is 1. The first-order valence-electron chi connectivity index (χ1n) is 9.24. The number of sulfone groups is 1. The highest BCUT2D eigenvalue weighted by atomic mass is 127. The first-order valence-corrected chi connectivity index (χ1v) is 10.9. The second kappa shape index (κ2) is 9.73. The van der Waals surface area contributed by atoms with Gasteiger partial charge in [0.15, 0.2) is 15.8 Å². The maximum atomic E-state index is 12.4. The lowest BCUT2D eigenvalue weighted by Crippen LogP contribution is -2.43. The quantitative estimate of drug-likeness (QED) is 0.379. The zero-order chi connectivity index (χ0) is 19.3. The predicted molar refractivity (Wildman–Crippen MR) is 125 cm³/mol. The lowest BCUT2D eigenvalue weighted by Gasteiger charge is -2.27. The van der Waals surface area contributed by atoms with Gasteiger partial charge in [-0.2, -0.15) is 0 Å². The molecule has 2 aromatic rings. The number of likely N-dealkylation sites (tertiary alicyclic amines) is 1. The molecule has 3 rings (SSSR count). The van der Waals surface area contributed by atoms with Crippen molar-refractivity contribution < 1.29 is 8.42 Å². The standard InChI is InChI=1S/C21H27N3O2S.HI/c1-21(18-9-5-3-6-10-18)13-15-24(17-21)20(22-2)23-14-16-27(25,26)19-11-7-4-8-12-19;/h3-12H,13-17H2,1-2H3,(H,22,23);1H. The number of rotatable bonds is 5. The molecule has 5 nitrogen and oxygen atoms in total. The van der Waals surface area contributed by atoms with Gasteiger partial charge in [0.1, 0.15) is 0 Å². The molecular formula is C21H28IN3O2S. The minimum atomic E-state index is -3.29. The molecule has 2 aromatic carbocycles. The van der Waals surface area contributed by atoms with Crippen molar-refractivity contribution in [2.75, 3.05) is 32.4 Å². The summed E-state index contributed by atoms with van der Waals surface area (Å²) in [5, 5.41) is 3.22. The number of hydrogen-bond donors (Lipinski definition) is 1. The van der Waals surface area contributed by atoms with Crippen molar-refractivity contribution in [3.63, 3.8) is 0 Å². The topological polar surface area (TPSA) is 61.8 Å². The molecule has 1 aliphatic heterocycles. The molecule has 0 spiro atoms. The SMILES string of the molecule is CN=C(NCCS(=O)(=O)c1ccccc1)N1CCC(C)(c2ccccc2)C1.I. The summed E-state index contributed by atoms with van der Waals surface area (Å²) in [6.07, 6.45) is 1.04. The van der Waals surface area contributed by atoms with Crippen molar-refractivity contribution in [1.82, 2.24) is 10.2 Å². The lowest BCUT2D eigenvalue weighted by molar-refractivity contribution is 0.440. The highest BCUT2D eigenvalue weighted by Gasteiger charge is 2.36. The molecule has 1 N–H and O–H groups in total. The molecule has 1 heterocycles. The third-order valence-corrected chi connectivity index (χ3v) is 6.94. The Hall–Kier alpha value is -1.61. The molecule has 1 aliphatic rings. The van der Waals surface area contributed by atoms with E-state index in [2.05, 4.69) is 46.4 Å². The molecule has 0 aromatic heterocycles. The fourth-order valence-electron chi connectivity index (χ4n) is 3.59. The number of aliphatic imine (C=N–C) groups is 1. The number of nitrogens with zero attached hydrogens (tertiary/aromatic N) is 2. The van der Waals surface area contributed by atoms with Gasteiger partial charge in [-0.15, -0.1) is 24.0 Å². The maximum Gasteiger partial charge on any atom is 0.193 e. The van der Waals surface area contributed by atoms with Crippen LogP contribution >= 0.6 is 24.0 Å². The molecule has 1 saturated heterocycles. The Bertz CT molecular complexity index is 888. The van der Waals surface area contributed by atoms with Gasteiger partial charge < -0.3 is 10.2 Å². The molecule has 1 fully saturated rings. The van der Waals surface area contributed by atoms with Crippen LogP contribution in [0, 0.1) is 0 Å². The molecule has 0 aliphatic carbocycles. The van der Waals surface area contributed by atoms with E-state index in [0.29, 0.717) is 11.4 Å². The van der Waals surface area contributed by atoms with Crippen molar-refractivity contribution in [1.29, 1.82) is 0 Å². The van der Waals surface area contributed by atoms with Crippen molar-refractivity contribution in [2.24, 2.45) is 4.99 Å². The molecule has 1 unspecified atom stereocenters. The smallest absolute Gasteiger partial charge is 0.193 e. The third-order valence-electron chi connectivity index (χ3n) is 5.21. The van der Waals surface area contributed by atoms with Crippen LogP contribution in [0.5, 0.6) is 0 Å². The van der Waals surface area contributed by atoms with Crippen LogP contribution in [0.25, 0.3) is 0 Å². The van der Waals surface area contributed by atoms with E-state index in [9.17, 15) is 8.42 Å².